The lowest BCUT2D eigenvalue weighted by Gasteiger charge is -2.56. The Balaban J connectivity index is 1.86. The first kappa shape index (κ1) is 20.0. The molecule has 1 fully saturated rings. The number of fused-ring (bicyclic) bond motifs is 4. The van der Waals surface area contributed by atoms with Gasteiger partial charge in [-0.2, -0.15) is 0 Å². The van der Waals surface area contributed by atoms with E-state index in [-0.39, 0.29) is 18.6 Å². The van der Waals surface area contributed by atoms with Crippen molar-refractivity contribution in [3.05, 3.63) is 59.3 Å². The van der Waals surface area contributed by atoms with Gasteiger partial charge in [-0.05, 0) is 44.0 Å². The zero-order valence-corrected chi connectivity index (χ0v) is 17.5. The second kappa shape index (κ2) is 6.07. The van der Waals surface area contributed by atoms with Crippen molar-refractivity contribution < 1.29 is 28.5 Å². The Kier molecular flexibility index (Phi) is 3.91. The number of halogens is 2. The van der Waals surface area contributed by atoms with Gasteiger partial charge in [-0.25, -0.2) is 8.78 Å². The summed E-state index contributed by atoms with van der Waals surface area (Å²) in [6, 6.07) is 8.80. The van der Waals surface area contributed by atoms with E-state index in [9.17, 15) is 23.8 Å². The number of rotatable bonds is 2. The number of benzene rings is 2. The van der Waals surface area contributed by atoms with Gasteiger partial charge < -0.3 is 19.5 Å². The third-order valence-electron chi connectivity index (χ3n) is 6.81. The standard InChI is InChI=1S/C24H23F2NO4/c1-22(2)12-31-24(10-23(3,11-24)21(29)30)19-18-16(5-4-6-17(18)28)27(20(19)22)13-7-8-14(25)15(26)9-13/h4-9,28H,10-12H2,1-3H3,(H,29,30). The quantitative estimate of drug-likeness (QED) is 0.604. The van der Waals surface area contributed by atoms with Gasteiger partial charge in [-0.15, -0.1) is 0 Å². The highest BCUT2D eigenvalue weighted by Crippen LogP contribution is 2.63. The van der Waals surface area contributed by atoms with Gasteiger partial charge >= 0.3 is 5.97 Å². The first-order chi connectivity index (χ1) is 14.5. The average Bonchev–Trinajstić information content (AvgIpc) is 3.04. The van der Waals surface area contributed by atoms with Crippen molar-refractivity contribution in [3.63, 3.8) is 0 Å². The molecule has 162 valence electrons. The van der Waals surface area contributed by atoms with Crippen LogP contribution in [0.4, 0.5) is 8.78 Å². The summed E-state index contributed by atoms with van der Waals surface area (Å²) >= 11 is 0. The van der Waals surface area contributed by atoms with Crippen LogP contribution in [0.1, 0.15) is 44.9 Å². The third-order valence-corrected chi connectivity index (χ3v) is 6.81. The molecule has 5 rings (SSSR count). The van der Waals surface area contributed by atoms with E-state index in [0.29, 0.717) is 23.2 Å². The largest absolute Gasteiger partial charge is 0.507 e. The molecule has 7 heteroatoms. The third kappa shape index (κ3) is 2.59. The summed E-state index contributed by atoms with van der Waals surface area (Å²) in [5, 5.41) is 21.1. The van der Waals surface area contributed by atoms with Gasteiger partial charge in [0, 0.05) is 33.8 Å². The molecule has 1 aromatic heterocycles. The lowest BCUT2D eigenvalue weighted by Crippen LogP contribution is -2.57. The Labute approximate surface area is 177 Å². The van der Waals surface area contributed by atoms with Crippen LogP contribution in [0, 0.1) is 17.0 Å². The average molecular weight is 427 g/mol. The maximum absolute atomic E-state index is 14.2. The fraction of sp³-hybridized carbons (Fsp3) is 0.375. The molecule has 0 atom stereocenters. The van der Waals surface area contributed by atoms with Gasteiger partial charge in [0.2, 0.25) is 0 Å². The van der Waals surface area contributed by atoms with E-state index in [1.54, 1.807) is 19.1 Å². The number of aromatic hydroxyl groups is 1. The maximum Gasteiger partial charge on any atom is 0.309 e. The topological polar surface area (TPSA) is 71.7 Å². The molecule has 1 spiro atoms. The van der Waals surface area contributed by atoms with Crippen LogP contribution in [-0.2, 0) is 20.5 Å². The van der Waals surface area contributed by atoms with Crippen LogP contribution in [0.15, 0.2) is 36.4 Å². The number of ether oxygens (including phenoxy) is 1. The Morgan fingerprint density at radius 3 is 2.45 bits per heavy atom. The molecule has 5 nitrogen and oxygen atoms in total. The van der Waals surface area contributed by atoms with Gasteiger partial charge in [0.05, 0.1) is 23.1 Å². The van der Waals surface area contributed by atoms with Gasteiger partial charge in [0.25, 0.3) is 0 Å². The minimum Gasteiger partial charge on any atom is -0.507 e. The number of hydrogen-bond acceptors (Lipinski definition) is 3. The molecule has 31 heavy (non-hydrogen) atoms. The minimum absolute atomic E-state index is 0.0414. The van der Waals surface area contributed by atoms with Gasteiger partial charge in [0.15, 0.2) is 11.6 Å². The van der Waals surface area contributed by atoms with Crippen molar-refractivity contribution >= 4 is 16.9 Å². The van der Waals surface area contributed by atoms with Crippen LogP contribution in [0.3, 0.4) is 0 Å². The fourth-order valence-corrected chi connectivity index (χ4v) is 5.40. The summed E-state index contributed by atoms with van der Waals surface area (Å²) < 4.78 is 36.0. The Morgan fingerprint density at radius 1 is 1.10 bits per heavy atom. The molecule has 1 aliphatic carbocycles. The number of hydrogen-bond donors (Lipinski definition) is 2. The Morgan fingerprint density at radius 2 is 1.81 bits per heavy atom. The molecule has 2 aliphatic rings. The Hall–Kier alpha value is -2.93. The highest BCUT2D eigenvalue weighted by Gasteiger charge is 2.62. The molecule has 2 aromatic carbocycles. The van der Waals surface area contributed by atoms with Crippen LogP contribution < -0.4 is 0 Å². The lowest BCUT2D eigenvalue weighted by molar-refractivity contribution is -0.205. The molecule has 0 amide bonds. The van der Waals surface area contributed by atoms with Gasteiger partial charge in [0.1, 0.15) is 5.75 Å². The van der Waals surface area contributed by atoms with Crippen LogP contribution in [-0.4, -0.2) is 27.4 Å². The van der Waals surface area contributed by atoms with Crippen molar-refractivity contribution in [2.45, 2.75) is 44.6 Å². The zero-order valence-electron chi connectivity index (χ0n) is 17.5. The highest BCUT2D eigenvalue weighted by atomic mass is 19.2. The molecule has 1 saturated carbocycles. The number of aromatic nitrogens is 1. The SMILES string of the molecule is CC1(C(=O)O)CC2(C1)OCC(C)(C)c1c2c2c(O)cccc2n1-c1ccc(F)c(F)c1. The van der Waals surface area contributed by atoms with Crippen molar-refractivity contribution in [1.82, 2.24) is 4.57 Å². The van der Waals surface area contributed by atoms with E-state index in [0.717, 1.165) is 23.4 Å². The van der Waals surface area contributed by atoms with E-state index >= 15 is 0 Å². The zero-order chi connectivity index (χ0) is 22.3. The van der Waals surface area contributed by atoms with Crippen LogP contribution in [0.25, 0.3) is 16.6 Å². The maximum atomic E-state index is 14.2. The van der Waals surface area contributed by atoms with Crippen LogP contribution >= 0.6 is 0 Å². The van der Waals surface area contributed by atoms with Crippen molar-refractivity contribution in [2.75, 3.05) is 6.61 Å². The first-order valence-corrected chi connectivity index (χ1v) is 10.2. The van der Waals surface area contributed by atoms with E-state index in [4.69, 9.17) is 4.74 Å². The normalized spacial score (nSPS) is 26.6. The fourth-order valence-electron chi connectivity index (χ4n) is 5.40. The van der Waals surface area contributed by atoms with Gasteiger partial charge in [-0.1, -0.05) is 19.9 Å². The molecule has 0 bridgehead atoms. The summed E-state index contributed by atoms with van der Waals surface area (Å²) in [6.07, 6.45) is 0.535. The van der Waals surface area contributed by atoms with Crippen molar-refractivity contribution in [3.8, 4) is 11.4 Å². The number of nitrogens with zero attached hydrogens (tertiary/aromatic N) is 1. The van der Waals surface area contributed by atoms with Crippen LogP contribution in [0.2, 0.25) is 0 Å². The van der Waals surface area contributed by atoms with E-state index < -0.39 is 34.0 Å². The minimum atomic E-state index is -0.963. The first-order valence-electron chi connectivity index (χ1n) is 10.2. The molecule has 0 unspecified atom stereocenters. The van der Waals surface area contributed by atoms with E-state index in [1.807, 2.05) is 24.5 Å². The summed E-state index contributed by atoms with van der Waals surface area (Å²) in [6.45, 7) is 5.99. The van der Waals surface area contributed by atoms with Crippen molar-refractivity contribution in [2.24, 2.45) is 5.41 Å². The number of carbonyl (C=O) groups is 1. The summed E-state index contributed by atoms with van der Waals surface area (Å²) in [4.78, 5) is 11.8. The molecule has 2 N–H and O–H groups in total. The van der Waals surface area contributed by atoms with E-state index in [1.165, 1.54) is 6.07 Å². The molecule has 0 saturated heterocycles. The summed E-state index contributed by atoms with van der Waals surface area (Å²) in [5.41, 5.74) is 0.304. The monoisotopic (exact) mass is 427 g/mol. The number of phenolic OH excluding ortho intramolecular Hbond substituents is 1. The van der Waals surface area contributed by atoms with Crippen molar-refractivity contribution in [1.29, 1.82) is 0 Å². The summed E-state index contributed by atoms with van der Waals surface area (Å²) in [7, 11) is 0. The lowest BCUT2D eigenvalue weighted by atomic mass is 9.55. The molecule has 0 radical (unpaired) electrons. The number of carboxylic acids is 1. The second-order valence-electron chi connectivity index (χ2n) is 9.71. The van der Waals surface area contributed by atoms with Gasteiger partial charge in [-0.3, -0.25) is 4.79 Å². The number of phenols is 1. The Bertz CT molecular complexity index is 1250. The van der Waals surface area contributed by atoms with E-state index in [2.05, 4.69) is 0 Å². The molecular formula is C24H23F2NO4. The number of carboxylic acid groups (broad SMARTS) is 1. The molecular weight excluding hydrogens is 404 g/mol. The number of aliphatic carboxylic acids is 1. The smallest absolute Gasteiger partial charge is 0.309 e. The van der Waals surface area contributed by atoms with Crippen LogP contribution in [0.5, 0.6) is 5.75 Å². The molecule has 3 aromatic rings. The predicted molar refractivity (Wildman–Crippen MR) is 110 cm³/mol. The second-order valence-corrected chi connectivity index (χ2v) is 9.71. The molecule has 1 aliphatic heterocycles. The highest BCUT2D eigenvalue weighted by molar-refractivity contribution is 5.94. The summed E-state index contributed by atoms with van der Waals surface area (Å²) in [5.74, 6) is -2.75. The predicted octanol–water partition coefficient (Wildman–Crippen LogP) is 5.00. The molecule has 2 heterocycles.